The van der Waals surface area contributed by atoms with Gasteiger partial charge in [0.1, 0.15) is 0 Å². The first-order chi connectivity index (χ1) is 4.85. The van der Waals surface area contributed by atoms with E-state index >= 15 is 0 Å². The third-order valence-electron chi connectivity index (χ3n) is 2.37. The average Bonchev–Trinajstić information content (AvgIpc) is 1.99. The minimum absolute atomic E-state index is 0.224. The minimum atomic E-state index is -0.224. The van der Waals surface area contributed by atoms with Gasteiger partial charge in [0.25, 0.3) is 0 Å². The molecule has 0 fully saturated rings. The molecule has 0 aromatic rings. The van der Waals surface area contributed by atoms with Crippen LogP contribution in [0.3, 0.4) is 0 Å². The molecule has 0 saturated carbocycles. The highest BCUT2D eigenvalue weighted by Gasteiger charge is 2.02. The smallest absolute Gasteiger partial charge is 0.0362 e. The van der Waals surface area contributed by atoms with Crippen molar-refractivity contribution in [2.75, 3.05) is 0 Å². The van der Waals surface area contributed by atoms with Crippen LogP contribution >= 0.6 is 0 Å². The van der Waals surface area contributed by atoms with Gasteiger partial charge in [0.15, 0.2) is 0 Å². The molecule has 0 spiro atoms. The zero-order chi connectivity index (χ0) is 7.82. The minimum Gasteiger partial charge on any atom is -0.0680 e. The van der Waals surface area contributed by atoms with Crippen molar-refractivity contribution in [2.45, 2.75) is 58.2 Å². The van der Waals surface area contributed by atoms with Crippen LogP contribution in [0.15, 0.2) is 0 Å². The maximum absolute atomic E-state index is 2.37. The van der Waals surface area contributed by atoms with Crippen LogP contribution < -0.4 is 0 Å². The van der Waals surface area contributed by atoms with Crippen molar-refractivity contribution in [2.24, 2.45) is 0 Å². The van der Waals surface area contributed by atoms with E-state index in [1.54, 1.807) is 6.04 Å². The van der Waals surface area contributed by atoms with Crippen molar-refractivity contribution in [3.63, 3.8) is 0 Å². The van der Waals surface area contributed by atoms with Crippen LogP contribution in [0.1, 0.15) is 40.0 Å². The molecule has 0 radical (unpaired) electrons. The van der Waals surface area contributed by atoms with Crippen LogP contribution in [0.4, 0.5) is 0 Å². The Labute approximate surface area is 67.6 Å². The predicted octanol–water partition coefficient (Wildman–Crippen LogP) is 3.44. The highest BCUT2D eigenvalue weighted by atomic mass is 28.3. The van der Waals surface area contributed by atoms with Gasteiger partial charge < -0.3 is 0 Å². The highest BCUT2D eigenvalue weighted by molar-refractivity contribution is 6.58. The Balaban J connectivity index is 3.09. The second kappa shape index (κ2) is 7.33. The molecule has 0 rings (SSSR count). The molecule has 0 N–H and O–H groups in total. The molecule has 0 saturated heterocycles. The third kappa shape index (κ3) is 5.04. The van der Waals surface area contributed by atoms with Crippen LogP contribution in [0.2, 0.25) is 18.1 Å². The van der Waals surface area contributed by atoms with Crippen molar-refractivity contribution in [3.05, 3.63) is 0 Å². The lowest BCUT2D eigenvalue weighted by Crippen LogP contribution is -2.07. The first-order valence-electron chi connectivity index (χ1n) is 4.85. The van der Waals surface area contributed by atoms with E-state index in [9.17, 15) is 0 Å². The molecule has 0 heterocycles. The van der Waals surface area contributed by atoms with Gasteiger partial charge in [-0.15, -0.1) is 0 Å². The number of rotatable bonds is 6. The van der Waals surface area contributed by atoms with Crippen molar-refractivity contribution in [1.82, 2.24) is 0 Å². The molecule has 0 nitrogen and oxygen atoms in total. The van der Waals surface area contributed by atoms with E-state index in [2.05, 4.69) is 20.8 Å². The Hall–Kier alpha value is 0.217. The summed E-state index contributed by atoms with van der Waals surface area (Å²) in [7, 11) is -0.224. The Morgan fingerprint density at radius 2 is 1.50 bits per heavy atom. The van der Waals surface area contributed by atoms with Gasteiger partial charge in [-0.05, 0) is 0 Å². The third-order valence-corrected chi connectivity index (χ3v) is 5.90. The Morgan fingerprint density at radius 1 is 0.900 bits per heavy atom. The molecule has 0 aliphatic carbocycles. The number of hydrogen-bond acceptors (Lipinski definition) is 0. The van der Waals surface area contributed by atoms with Gasteiger partial charge >= 0.3 is 0 Å². The van der Waals surface area contributed by atoms with Crippen molar-refractivity contribution in [3.8, 4) is 0 Å². The normalized spacial score (nSPS) is 10.8. The first-order valence-corrected chi connectivity index (χ1v) is 7.30. The fourth-order valence-electron chi connectivity index (χ4n) is 1.38. The van der Waals surface area contributed by atoms with Crippen LogP contribution in [0, 0.1) is 0 Å². The molecular weight excluding hydrogens is 136 g/mol. The SMILES string of the molecule is CCCCC[SiH](CC)CC. The summed E-state index contributed by atoms with van der Waals surface area (Å²) in [6.45, 7) is 7.02. The van der Waals surface area contributed by atoms with Crippen LogP contribution in [-0.4, -0.2) is 8.80 Å². The second-order valence-corrected chi connectivity index (χ2v) is 7.12. The zero-order valence-electron chi connectivity index (χ0n) is 7.82. The molecule has 0 aromatic heterocycles. The average molecular weight is 158 g/mol. The van der Waals surface area contributed by atoms with Crippen molar-refractivity contribution < 1.29 is 0 Å². The standard InChI is InChI=1S/C9H22Si/c1-4-7-8-9-10(5-2)6-3/h10H,4-9H2,1-3H3. The van der Waals surface area contributed by atoms with Crippen LogP contribution in [0.25, 0.3) is 0 Å². The molecule has 0 aliphatic heterocycles. The molecule has 0 unspecified atom stereocenters. The van der Waals surface area contributed by atoms with Crippen LogP contribution in [0.5, 0.6) is 0 Å². The summed E-state index contributed by atoms with van der Waals surface area (Å²) in [5, 5.41) is 0. The van der Waals surface area contributed by atoms with E-state index in [-0.39, 0.29) is 8.80 Å². The van der Waals surface area contributed by atoms with E-state index < -0.39 is 0 Å². The van der Waals surface area contributed by atoms with Crippen LogP contribution in [-0.2, 0) is 0 Å². The van der Waals surface area contributed by atoms with E-state index in [1.165, 1.54) is 31.4 Å². The van der Waals surface area contributed by atoms with Gasteiger partial charge in [0.05, 0.1) is 0 Å². The topological polar surface area (TPSA) is 0 Å². The van der Waals surface area contributed by atoms with Crippen molar-refractivity contribution in [1.29, 1.82) is 0 Å². The monoisotopic (exact) mass is 158 g/mol. The van der Waals surface area contributed by atoms with Crippen molar-refractivity contribution >= 4 is 8.80 Å². The largest absolute Gasteiger partial charge is 0.0680 e. The van der Waals surface area contributed by atoms with E-state index in [4.69, 9.17) is 0 Å². The number of unbranched alkanes of at least 4 members (excludes halogenated alkanes) is 2. The Bertz CT molecular complexity index is 57.7. The quantitative estimate of drug-likeness (QED) is 0.410. The van der Waals surface area contributed by atoms with Gasteiger partial charge in [0, 0.05) is 8.80 Å². The van der Waals surface area contributed by atoms with Gasteiger partial charge in [-0.3, -0.25) is 0 Å². The summed E-state index contributed by atoms with van der Waals surface area (Å²) in [5.74, 6) is 0. The first kappa shape index (κ1) is 10.2. The summed E-state index contributed by atoms with van der Waals surface area (Å²) in [6.07, 6.45) is 4.35. The maximum atomic E-state index is 2.37. The fourth-order valence-corrected chi connectivity index (χ4v) is 3.64. The summed E-state index contributed by atoms with van der Waals surface area (Å²) in [6, 6.07) is 4.63. The lowest BCUT2D eigenvalue weighted by molar-refractivity contribution is 0.763. The molecule has 0 aromatic carbocycles. The Morgan fingerprint density at radius 3 is 1.90 bits per heavy atom. The molecule has 0 amide bonds. The Kier molecular flexibility index (Phi) is 7.48. The molecule has 0 aliphatic rings. The summed E-state index contributed by atoms with van der Waals surface area (Å²) < 4.78 is 0. The van der Waals surface area contributed by atoms with E-state index in [0.717, 1.165) is 0 Å². The molecular formula is C9H22Si. The molecule has 1 heteroatoms. The predicted molar refractivity (Wildman–Crippen MR) is 52.4 cm³/mol. The molecule has 62 valence electrons. The molecule has 0 bridgehead atoms. The van der Waals surface area contributed by atoms with E-state index in [0.29, 0.717) is 0 Å². The highest BCUT2D eigenvalue weighted by Crippen LogP contribution is 2.10. The zero-order valence-corrected chi connectivity index (χ0v) is 8.97. The second-order valence-electron chi connectivity index (χ2n) is 3.18. The fraction of sp³-hybridized carbons (Fsp3) is 1.00. The summed E-state index contributed by atoms with van der Waals surface area (Å²) in [5.41, 5.74) is 0. The molecule has 10 heavy (non-hydrogen) atoms. The van der Waals surface area contributed by atoms with Gasteiger partial charge in [-0.25, -0.2) is 0 Å². The summed E-state index contributed by atoms with van der Waals surface area (Å²) in [4.78, 5) is 0. The lowest BCUT2D eigenvalue weighted by Gasteiger charge is -2.08. The van der Waals surface area contributed by atoms with E-state index in [1.807, 2.05) is 0 Å². The van der Waals surface area contributed by atoms with Gasteiger partial charge in [-0.2, -0.15) is 0 Å². The number of hydrogen-bond donors (Lipinski definition) is 0. The maximum Gasteiger partial charge on any atom is 0.0362 e. The lowest BCUT2D eigenvalue weighted by atomic mass is 10.3. The van der Waals surface area contributed by atoms with Gasteiger partial charge in [-0.1, -0.05) is 58.2 Å². The summed E-state index contributed by atoms with van der Waals surface area (Å²) >= 11 is 0. The molecule has 0 atom stereocenters. The van der Waals surface area contributed by atoms with Gasteiger partial charge in [0.2, 0.25) is 0 Å².